The first-order valence-electron chi connectivity index (χ1n) is 10.5. The molecule has 1 aromatic heterocycles. The van der Waals surface area contributed by atoms with Crippen molar-refractivity contribution in [2.24, 2.45) is 7.05 Å². The van der Waals surface area contributed by atoms with E-state index in [1.165, 1.54) is 21.7 Å². The molecule has 0 fully saturated rings. The lowest BCUT2D eigenvalue weighted by Gasteiger charge is -2.18. The summed E-state index contributed by atoms with van der Waals surface area (Å²) < 4.78 is 17.1. The number of fused-ring (bicyclic) bond motifs is 1. The van der Waals surface area contributed by atoms with Gasteiger partial charge in [0.1, 0.15) is 12.9 Å². The second-order valence-electron chi connectivity index (χ2n) is 9.26. The largest absolute Gasteiger partial charge is 0.220 e. The van der Waals surface area contributed by atoms with E-state index in [1.807, 2.05) is 43.3 Å². The Kier molecular flexibility index (Phi) is 5.11. The zero-order valence-corrected chi connectivity index (χ0v) is 19.7. The van der Waals surface area contributed by atoms with Crippen molar-refractivity contribution in [3.63, 3.8) is 0 Å². The lowest BCUT2D eigenvalue weighted by molar-refractivity contribution is -0.665. The van der Waals surface area contributed by atoms with Gasteiger partial charge in [0, 0.05) is 18.6 Å². The van der Waals surface area contributed by atoms with Gasteiger partial charge in [0.2, 0.25) is 5.69 Å². The highest BCUT2D eigenvalue weighted by Gasteiger charge is 2.23. The third-order valence-corrected chi connectivity index (χ3v) is 8.10. The summed E-state index contributed by atoms with van der Waals surface area (Å²) in [7, 11) is 0.693. The number of hydrogen-bond donors (Lipinski definition) is 0. The van der Waals surface area contributed by atoms with Crippen molar-refractivity contribution in [1.82, 2.24) is 0 Å². The molecule has 1 heterocycles. The molecule has 0 amide bonds. The van der Waals surface area contributed by atoms with Gasteiger partial charge in [0.15, 0.2) is 5.69 Å². The van der Waals surface area contributed by atoms with Gasteiger partial charge in [0.25, 0.3) is 0 Å². The molecule has 0 bridgehead atoms. The summed E-state index contributed by atoms with van der Waals surface area (Å²) in [6.45, 7) is 11.3. The predicted octanol–water partition coefficient (Wildman–Crippen LogP) is 6.30. The maximum Gasteiger partial charge on any atom is 0.220 e. The maximum absolute atomic E-state index is 14.9. The molecule has 152 valence electrons. The highest BCUT2D eigenvalue weighted by Crippen LogP contribution is 2.34. The van der Waals surface area contributed by atoms with E-state index in [0.29, 0.717) is 5.56 Å². The molecule has 3 aromatic carbocycles. The first-order valence-corrected chi connectivity index (χ1v) is 14.0. The fourth-order valence-corrected chi connectivity index (χ4v) is 5.31. The lowest BCUT2D eigenvalue weighted by atomic mass is 9.94. The number of halogens is 1. The minimum Gasteiger partial charge on any atom is -0.206 e. The van der Waals surface area contributed by atoms with Crippen molar-refractivity contribution in [3.8, 4) is 22.4 Å². The van der Waals surface area contributed by atoms with Gasteiger partial charge < -0.3 is 0 Å². The molecule has 0 spiro atoms. The number of rotatable bonds is 3. The van der Waals surface area contributed by atoms with Crippen molar-refractivity contribution in [3.05, 3.63) is 83.8 Å². The Bertz CT molecular complexity index is 1250. The normalized spacial score (nSPS) is 11.8. The fraction of sp³-hybridized carbons (Fsp3) is 0.222. The highest BCUT2D eigenvalue weighted by molar-refractivity contribution is 6.88. The van der Waals surface area contributed by atoms with E-state index in [0.717, 1.165) is 22.4 Å². The van der Waals surface area contributed by atoms with Crippen LogP contribution in [0.1, 0.15) is 11.3 Å². The molecule has 0 saturated heterocycles. The molecule has 0 atom stereocenters. The zero-order chi connectivity index (χ0) is 21.6. The molecule has 0 unspecified atom stereocenters. The summed E-state index contributed by atoms with van der Waals surface area (Å²) in [5.41, 5.74) is 5.90. The average molecular weight is 415 g/mol. The van der Waals surface area contributed by atoms with Crippen LogP contribution in [0.4, 0.5) is 4.39 Å². The number of benzene rings is 3. The summed E-state index contributed by atoms with van der Waals surface area (Å²) in [4.78, 5) is 0. The van der Waals surface area contributed by atoms with Crippen molar-refractivity contribution < 1.29 is 8.96 Å². The highest BCUT2D eigenvalue weighted by atomic mass is 28.3. The Morgan fingerprint density at radius 2 is 1.50 bits per heavy atom. The van der Waals surface area contributed by atoms with Crippen LogP contribution in [0.15, 0.2) is 66.7 Å². The Morgan fingerprint density at radius 3 is 2.17 bits per heavy atom. The van der Waals surface area contributed by atoms with Gasteiger partial charge in [-0.2, -0.15) is 4.57 Å². The molecule has 0 radical (unpaired) electrons. The van der Waals surface area contributed by atoms with Crippen LogP contribution in [-0.2, 0) is 7.05 Å². The van der Waals surface area contributed by atoms with E-state index < -0.39 is 8.07 Å². The zero-order valence-electron chi connectivity index (χ0n) is 18.7. The molecule has 4 rings (SSSR count). The minimum absolute atomic E-state index is 0.178. The first kappa shape index (κ1) is 20.5. The summed E-state index contributed by atoms with van der Waals surface area (Å²) in [5.74, 6) is -0.178. The molecule has 30 heavy (non-hydrogen) atoms. The van der Waals surface area contributed by atoms with Crippen molar-refractivity contribution in [2.45, 2.75) is 33.5 Å². The molecule has 1 nitrogen and oxygen atoms in total. The van der Waals surface area contributed by atoms with Crippen LogP contribution < -0.4 is 9.75 Å². The molecule has 0 aliphatic heterocycles. The van der Waals surface area contributed by atoms with E-state index in [1.54, 1.807) is 6.07 Å². The van der Waals surface area contributed by atoms with Gasteiger partial charge in [0.05, 0.1) is 19.0 Å². The number of pyridine rings is 1. The predicted molar refractivity (Wildman–Crippen MR) is 128 cm³/mol. The van der Waals surface area contributed by atoms with Crippen molar-refractivity contribution in [2.75, 3.05) is 0 Å². The third-order valence-electron chi connectivity index (χ3n) is 6.06. The molecule has 0 aliphatic carbocycles. The number of hydrogen-bond acceptors (Lipinski definition) is 0. The quantitative estimate of drug-likeness (QED) is 0.274. The molecular formula is C27H29FNSi+. The van der Waals surface area contributed by atoms with E-state index >= 15 is 0 Å². The Hall–Kier alpha value is -2.78. The van der Waals surface area contributed by atoms with Gasteiger partial charge in [-0.3, -0.25) is 0 Å². The monoisotopic (exact) mass is 414 g/mol. The maximum atomic E-state index is 14.9. The number of nitrogens with zero attached hydrogens (tertiary/aromatic N) is 1. The summed E-state index contributed by atoms with van der Waals surface area (Å²) in [6, 6.07) is 22.6. The summed E-state index contributed by atoms with van der Waals surface area (Å²) in [5, 5.41) is 3.92. The van der Waals surface area contributed by atoms with Gasteiger partial charge in [-0.05, 0) is 41.6 Å². The first-order chi connectivity index (χ1) is 14.2. The Morgan fingerprint density at radius 1 is 0.800 bits per heavy atom. The van der Waals surface area contributed by atoms with Gasteiger partial charge in [-0.25, -0.2) is 4.39 Å². The molecular weight excluding hydrogens is 385 g/mol. The second-order valence-corrected chi connectivity index (χ2v) is 14.3. The molecule has 0 N–H and O–H groups in total. The van der Waals surface area contributed by atoms with E-state index in [2.05, 4.69) is 62.4 Å². The molecule has 0 aliphatic rings. The average Bonchev–Trinajstić information content (AvgIpc) is 2.69. The smallest absolute Gasteiger partial charge is 0.206 e. The van der Waals surface area contributed by atoms with Gasteiger partial charge >= 0.3 is 0 Å². The third kappa shape index (κ3) is 3.59. The van der Waals surface area contributed by atoms with Crippen LogP contribution in [0.3, 0.4) is 0 Å². The van der Waals surface area contributed by atoms with Crippen LogP contribution in [0, 0.1) is 19.7 Å². The van der Waals surface area contributed by atoms with Crippen molar-refractivity contribution >= 4 is 24.0 Å². The van der Waals surface area contributed by atoms with Crippen LogP contribution in [0.2, 0.25) is 19.6 Å². The van der Waals surface area contributed by atoms with Crippen LogP contribution in [0.5, 0.6) is 0 Å². The second kappa shape index (κ2) is 7.48. The number of aryl methyl sites for hydroxylation is 2. The molecule has 3 heteroatoms. The fourth-order valence-electron chi connectivity index (χ4n) is 4.14. The van der Waals surface area contributed by atoms with E-state index in [9.17, 15) is 4.39 Å². The van der Waals surface area contributed by atoms with Gasteiger partial charge in [-0.1, -0.05) is 67.3 Å². The van der Waals surface area contributed by atoms with Gasteiger partial charge in [-0.15, -0.1) is 0 Å². The van der Waals surface area contributed by atoms with Crippen LogP contribution in [-0.4, -0.2) is 8.07 Å². The Labute approximate surface area is 179 Å². The van der Waals surface area contributed by atoms with Crippen LogP contribution in [0.25, 0.3) is 33.2 Å². The topological polar surface area (TPSA) is 3.88 Å². The summed E-state index contributed by atoms with van der Waals surface area (Å²) >= 11 is 0. The number of aromatic nitrogens is 1. The standard InChI is InChI=1S/C27H29FNSi/c1-18-14-26(28)25(20-10-8-7-9-11-20)17-24(18)27-23-13-12-22(30(4,5)6)16-21(23)15-19(2)29(27)3/h7-17H,1-6H3/q+1. The SMILES string of the molecule is Cc1cc(F)c(-c2ccccc2)cc1-c1c2ccc([Si](C)(C)C)cc2cc(C)[n+]1C. The van der Waals surface area contributed by atoms with Crippen molar-refractivity contribution in [1.29, 1.82) is 0 Å². The molecule has 0 saturated carbocycles. The van der Waals surface area contributed by atoms with E-state index in [4.69, 9.17) is 0 Å². The lowest BCUT2D eigenvalue weighted by Crippen LogP contribution is -2.38. The summed E-state index contributed by atoms with van der Waals surface area (Å²) in [6.07, 6.45) is 0. The van der Waals surface area contributed by atoms with Crippen LogP contribution >= 0.6 is 0 Å². The Balaban J connectivity index is 2.03. The molecule has 4 aromatic rings. The van der Waals surface area contributed by atoms with E-state index in [-0.39, 0.29) is 5.82 Å². The minimum atomic E-state index is -1.41.